The van der Waals surface area contributed by atoms with Gasteiger partial charge in [-0.2, -0.15) is 13.2 Å². The number of alkyl halides is 3. The van der Waals surface area contributed by atoms with Gasteiger partial charge in [0, 0.05) is 35.8 Å². The van der Waals surface area contributed by atoms with Crippen molar-refractivity contribution in [1.82, 2.24) is 14.9 Å². The van der Waals surface area contributed by atoms with Crippen molar-refractivity contribution in [3.63, 3.8) is 0 Å². The minimum atomic E-state index is -4.63. The summed E-state index contributed by atoms with van der Waals surface area (Å²) in [6.45, 7) is 3.63. The van der Waals surface area contributed by atoms with Gasteiger partial charge in [0.2, 0.25) is 0 Å². The van der Waals surface area contributed by atoms with E-state index >= 15 is 0 Å². The van der Waals surface area contributed by atoms with Gasteiger partial charge in [-0.3, -0.25) is 9.59 Å². The number of aliphatic hydroxyl groups excluding tert-OH is 1. The van der Waals surface area contributed by atoms with Gasteiger partial charge in [-0.1, -0.05) is 0 Å². The first kappa shape index (κ1) is 23.3. The molecule has 0 radical (unpaired) electrons. The third kappa shape index (κ3) is 4.27. The van der Waals surface area contributed by atoms with Crippen LogP contribution in [0.1, 0.15) is 53.1 Å². The van der Waals surface area contributed by atoms with Crippen LogP contribution in [0, 0.1) is 12.8 Å². The number of nitrogens with zero attached hydrogens (tertiary/aromatic N) is 2. The monoisotopic (exact) mass is 486 g/mol. The molecule has 2 heterocycles. The van der Waals surface area contributed by atoms with Crippen molar-refractivity contribution < 1.29 is 23.1 Å². The summed E-state index contributed by atoms with van der Waals surface area (Å²) in [4.78, 5) is 33.6. The maximum atomic E-state index is 13.9. The Bertz CT molecular complexity index is 1350. The Hall–Kier alpha value is -3.40. The molecule has 3 aromatic rings. The fourth-order valence-corrected chi connectivity index (χ4v) is 5.30. The van der Waals surface area contributed by atoms with E-state index in [-0.39, 0.29) is 46.3 Å². The Labute approximate surface area is 199 Å². The van der Waals surface area contributed by atoms with Crippen molar-refractivity contribution in [3.8, 4) is 0 Å². The van der Waals surface area contributed by atoms with Gasteiger partial charge >= 0.3 is 6.18 Å². The molecule has 0 spiro atoms. The first-order valence-electron chi connectivity index (χ1n) is 11.5. The van der Waals surface area contributed by atoms with Gasteiger partial charge in [-0.15, -0.1) is 0 Å². The molecule has 3 unspecified atom stereocenters. The quantitative estimate of drug-likeness (QED) is 0.518. The Morgan fingerprint density at radius 2 is 1.94 bits per heavy atom. The van der Waals surface area contributed by atoms with E-state index in [1.807, 2.05) is 0 Å². The van der Waals surface area contributed by atoms with Crippen molar-refractivity contribution in [3.05, 3.63) is 69.3 Å². The Balaban J connectivity index is 1.38. The van der Waals surface area contributed by atoms with Gasteiger partial charge in [-0.05, 0) is 68.7 Å². The fourth-order valence-electron chi connectivity index (χ4n) is 5.30. The smallest absolute Gasteiger partial charge is 0.393 e. The average molecular weight is 486 g/mol. The highest BCUT2D eigenvalue weighted by Gasteiger charge is 2.45. The molecule has 3 N–H and O–H groups in total. The fraction of sp³-hybridized carbons (Fsp3) is 0.400. The summed E-state index contributed by atoms with van der Waals surface area (Å²) in [5.74, 6) is 0.254. The molecule has 5 rings (SSSR count). The van der Waals surface area contributed by atoms with Crippen LogP contribution in [0.5, 0.6) is 0 Å². The number of aliphatic hydroxyl groups is 1. The third-order valence-corrected chi connectivity index (χ3v) is 7.05. The summed E-state index contributed by atoms with van der Waals surface area (Å²) in [7, 11) is 0. The number of nitrogens with one attached hydrogen (secondary N) is 2. The Morgan fingerprint density at radius 1 is 1.23 bits per heavy atom. The molecule has 4 atom stereocenters. The van der Waals surface area contributed by atoms with Crippen LogP contribution in [-0.2, 0) is 6.18 Å². The number of likely N-dealkylation sites (tertiary alicyclic amines) is 1. The number of carbonyl (C=O) groups excluding carboxylic acids is 1. The van der Waals surface area contributed by atoms with Crippen LogP contribution in [0.15, 0.2) is 41.2 Å². The summed E-state index contributed by atoms with van der Waals surface area (Å²) in [6, 6.07) is 8.00. The van der Waals surface area contributed by atoms with E-state index in [1.54, 1.807) is 36.1 Å². The molecular weight excluding hydrogens is 461 g/mol. The molecule has 2 aromatic carbocycles. The zero-order valence-electron chi connectivity index (χ0n) is 19.2. The summed E-state index contributed by atoms with van der Waals surface area (Å²) in [5.41, 5.74) is -0.425. The normalized spacial score (nSPS) is 22.6. The van der Waals surface area contributed by atoms with E-state index in [9.17, 15) is 27.9 Å². The van der Waals surface area contributed by atoms with Crippen molar-refractivity contribution in [2.45, 2.75) is 51.1 Å². The molecule has 2 fully saturated rings. The van der Waals surface area contributed by atoms with Gasteiger partial charge in [0.05, 0.1) is 22.6 Å². The predicted molar refractivity (Wildman–Crippen MR) is 124 cm³/mol. The molecule has 2 bridgehead atoms. The topological polar surface area (TPSA) is 98.3 Å². The van der Waals surface area contributed by atoms with Gasteiger partial charge in [0.25, 0.3) is 11.5 Å². The van der Waals surface area contributed by atoms with E-state index in [1.165, 1.54) is 13.0 Å². The van der Waals surface area contributed by atoms with E-state index in [4.69, 9.17) is 0 Å². The average Bonchev–Trinajstić information content (AvgIpc) is 3.37. The Kier molecular flexibility index (Phi) is 5.58. The highest BCUT2D eigenvalue weighted by Crippen LogP contribution is 2.39. The van der Waals surface area contributed by atoms with E-state index < -0.39 is 23.3 Å². The lowest BCUT2D eigenvalue weighted by atomic mass is 9.98. The number of aromatic amines is 1. The zero-order chi connectivity index (χ0) is 25.1. The number of aryl methyl sites for hydroxylation is 1. The Morgan fingerprint density at radius 3 is 2.54 bits per heavy atom. The number of aromatic nitrogens is 2. The molecule has 184 valence electrons. The molecule has 10 heteroatoms. The molecule has 1 saturated carbocycles. The van der Waals surface area contributed by atoms with Crippen LogP contribution in [0.2, 0.25) is 0 Å². The van der Waals surface area contributed by atoms with Crippen LogP contribution in [0.25, 0.3) is 10.9 Å². The molecule has 1 aromatic heterocycles. The second-order valence-corrected chi connectivity index (χ2v) is 9.46. The first-order valence-corrected chi connectivity index (χ1v) is 11.5. The van der Waals surface area contributed by atoms with Crippen molar-refractivity contribution in [2.24, 2.45) is 5.92 Å². The lowest BCUT2D eigenvalue weighted by Crippen LogP contribution is -2.41. The number of hydrogen-bond acceptors (Lipinski definition) is 5. The largest absolute Gasteiger partial charge is 0.416 e. The zero-order valence-corrected chi connectivity index (χ0v) is 19.2. The SMILES string of the molecule is Cc1nc2cc(C(F)(F)F)c([C@H](C)Nc3ccc(C(=O)N4CC5CC4CC5O)cc3)cc2c(=O)[nH]1. The van der Waals surface area contributed by atoms with Crippen LogP contribution in [-0.4, -0.2) is 44.6 Å². The lowest BCUT2D eigenvalue weighted by molar-refractivity contribution is -0.138. The van der Waals surface area contributed by atoms with Crippen molar-refractivity contribution in [1.29, 1.82) is 0 Å². The molecule has 1 aliphatic carbocycles. The number of amides is 1. The predicted octanol–water partition coefficient (Wildman–Crippen LogP) is 4.02. The molecule has 1 saturated heterocycles. The van der Waals surface area contributed by atoms with Crippen LogP contribution in [0.4, 0.5) is 18.9 Å². The summed E-state index contributed by atoms with van der Waals surface area (Å²) < 4.78 is 41.6. The molecular formula is C25H25F3N4O3. The number of anilines is 1. The maximum absolute atomic E-state index is 13.9. The number of halogens is 3. The molecule has 2 aliphatic rings. The number of rotatable bonds is 4. The van der Waals surface area contributed by atoms with Gasteiger partial charge in [0.1, 0.15) is 5.82 Å². The number of benzene rings is 2. The molecule has 35 heavy (non-hydrogen) atoms. The summed E-state index contributed by atoms with van der Waals surface area (Å²) in [5, 5.41) is 13.0. The highest BCUT2D eigenvalue weighted by atomic mass is 19.4. The van der Waals surface area contributed by atoms with Crippen LogP contribution in [0.3, 0.4) is 0 Å². The van der Waals surface area contributed by atoms with Gasteiger partial charge in [0.15, 0.2) is 0 Å². The number of H-pyrrole nitrogens is 1. The minimum Gasteiger partial charge on any atom is -0.393 e. The minimum absolute atomic E-state index is 0.0134. The summed E-state index contributed by atoms with van der Waals surface area (Å²) in [6.07, 6.45) is -3.56. The van der Waals surface area contributed by atoms with Crippen molar-refractivity contribution >= 4 is 22.5 Å². The van der Waals surface area contributed by atoms with Gasteiger partial charge in [-0.25, -0.2) is 4.98 Å². The summed E-state index contributed by atoms with van der Waals surface area (Å²) >= 11 is 0. The van der Waals surface area contributed by atoms with Crippen LogP contribution < -0.4 is 10.9 Å². The number of fused-ring (bicyclic) bond motifs is 3. The number of carbonyl (C=O) groups is 1. The number of piperidine rings is 1. The maximum Gasteiger partial charge on any atom is 0.416 e. The lowest BCUT2D eigenvalue weighted by Gasteiger charge is -2.29. The number of hydrogen-bond donors (Lipinski definition) is 3. The standard InChI is InChI=1S/C25H25F3N4O3/c1-12(18-9-19-21(10-20(18)25(26,27)28)30-13(2)31-23(19)34)29-16-5-3-14(4-6-16)24(35)32-11-15-7-17(32)8-22(15)33/h3-6,9-10,12,15,17,22,29,33H,7-8,11H2,1-2H3,(H,30,31,34)/t12-,15?,17?,22?/m0/s1. The van der Waals surface area contributed by atoms with Crippen molar-refractivity contribution in [2.75, 3.05) is 11.9 Å². The molecule has 7 nitrogen and oxygen atoms in total. The second kappa shape index (κ2) is 8.37. The van der Waals surface area contributed by atoms with E-state index in [2.05, 4.69) is 15.3 Å². The van der Waals surface area contributed by atoms with E-state index in [0.29, 0.717) is 24.2 Å². The highest BCUT2D eigenvalue weighted by molar-refractivity contribution is 5.95. The van der Waals surface area contributed by atoms with E-state index in [0.717, 1.165) is 12.5 Å². The first-order chi connectivity index (χ1) is 16.5. The second-order valence-electron chi connectivity index (χ2n) is 9.46. The van der Waals surface area contributed by atoms with Crippen LogP contribution >= 0.6 is 0 Å². The molecule has 1 amide bonds. The molecule has 1 aliphatic heterocycles. The van der Waals surface area contributed by atoms with Gasteiger partial charge < -0.3 is 20.3 Å². The third-order valence-electron chi connectivity index (χ3n) is 7.05.